The van der Waals surface area contributed by atoms with Crippen molar-refractivity contribution in [1.82, 2.24) is 5.32 Å². The predicted octanol–water partition coefficient (Wildman–Crippen LogP) is 4.77. The zero-order valence-electron chi connectivity index (χ0n) is 12.8. The topological polar surface area (TPSA) is 21.3 Å². The molecule has 0 amide bonds. The van der Waals surface area contributed by atoms with Gasteiger partial charge in [0, 0.05) is 5.02 Å². The Balaban J connectivity index is 2.24. The maximum atomic E-state index is 6.24. The van der Waals surface area contributed by atoms with Gasteiger partial charge in [0.25, 0.3) is 0 Å². The van der Waals surface area contributed by atoms with Crippen LogP contribution in [0.15, 0.2) is 48.5 Å². The first-order valence-corrected chi connectivity index (χ1v) is 7.68. The van der Waals surface area contributed by atoms with Crippen LogP contribution in [0.2, 0.25) is 5.02 Å². The first kappa shape index (κ1) is 15.9. The highest BCUT2D eigenvalue weighted by atomic mass is 35.5. The van der Waals surface area contributed by atoms with Gasteiger partial charge in [0.2, 0.25) is 0 Å². The minimum Gasteiger partial charge on any atom is -0.488 e. The largest absolute Gasteiger partial charge is 0.488 e. The lowest BCUT2D eigenvalue weighted by atomic mass is 9.99. The molecule has 2 aromatic carbocycles. The van der Waals surface area contributed by atoms with Crippen molar-refractivity contribution in [2.45, 2.75) is 32.4 Å². The lowest BCUT2D eigenvalue weighted by molar-refractivity contribution is 0.151. The molecule has 0 spiro atoms. The van der Waals surface area contributed by atoms with E-state index in [0.717, 1.165) is 17.7 Å². The molecule has 0 radical (unpaired) electrons. The molecule has 0 aromatic heterocycles. The molecule has 0 fully saturated rings. The van der Waals surface area contributed by atoms with E-state index in [2.05, 4.69) is 36.5 Å². The molecule has 0 aliphatic carbocycles. The van der Waals surface area contributed by atoms with Gasteiger partial charge in [-0.2, -0.15) is 0 Å². The van der Waals surface area contributed by atoms with Crippen LogP contribution in [0.1, 0.15) is 30.5 Å². The molecule has 0 saturated carbocycles. The molecule has 21 heavy (non-hydrogen) atoms. The van der Waals surface area contributed by atoms with Crippen molar-refractivity contribution in [3.63, 3.8) is 0 Å². The fourth-order valence-corrected chi connectivity index (χ4v) is 2.64. The molecule has 2 unspecified atom stereocenters. The molecule has 0 saturated heterocycles. The van der Waals surface area contributed by atoms with Gasteiger partial charge in [-0.05, 0) is 43.7 Å². The van der Waals surface area contributed by atoms with E-state index in [1.54, 1.807) is 0 Å². The monoisotopic (exact) mass is 303 g/mol. The van der Waals surface area contributed by atoms with E-state index in [4.69, 9.17) is 16.3 Å². The van der Waals surface area contributed by atoms with Gasteiger partial charge in [-0.3, -0.25) is 0 Å². The lowest BCUT2D eigenvalue weighted by Crippen LogP contribution is -2.33. The van der Waals surface area contributed by atoms with Gasteiger partial charge in [0.1, 0.15) is 11.9 Å². The molecule has 1 N–H and O–H groups in total. The zero-order valence-corrected chi connectivity index (χ0v) is 13.5. The Morgan fingerprint density at radius 3 is 2.48 bits per heavy atom. The average molecular weight is 304 g/mol. The van der Waals surface area contributed by atoms with Crippen LogP contribution in [0.5, 0.6) is 5.75 Å². The van der Waals surface area contributed by atoms with Crippen LogP contribution in [0, 0.1) is 6.92 Å². The second kappa shape index (κ2) is 7.48. The van der Waals surface area contributed by atoms with Gasteiger partial charge < -0.3 is 10.1 Å². The van der Waals surface area contributed by atoms with Crippen LogP contribution in [0.25, 0.3) is 0 Å². The molecule has 0 aliphatic rings. The fourth-order valence-electron chi connectivity index (χ4n) is 2.48. The zero-order chi connectivity index (χ0) is 15.2. The molecule has 0 aliphatic heterocycles. The summed E-state index contributed by atoms with van der Waals surface area (Å²) in [5.74, 6) is 0.852. The summed E-state index contributed by atoms with van der Waals surface area (Å²) < 4.78 is 6.24. The number of aryl methyl sites for hydroxylation is 1. The third-order valence-electron chi connectivity index (χ3n) is 3.67. The van der Waals surface area contributed by atoms with Crippen LogP contribution < -0.4 is 10.1 Å². The number of likely N-dealkylation sites (N-methyl/N-ethyl adjacent to an activating group) is 1. The maximum absolute atomic E-state index is 6.24. The van der Waals surface area contributed by atoms with Gasteiger partial charge >= 0.3 is 0 Å². The number of rotatable bonds is 6. The van der Waals surface area contributed by atoms with Gasteiger partial charge in [-0.1, -0.05) is 54.9 Å². The standard InChI is InChI=1S/C18H22ClNO/c1-4-16(18(20-3)14-8-6-5-7-9-14)21-17-12-15(19)11-10-13(17)2/h5-12,16,18,20H,4H2,1-3H3. The summed E-state index contributed by atoms with van der Waals surface area (Å²) in [7, 11) is 1.97. The Hall–Kier alpha value is -1.51. The molecular weight excluding hydrogens is 282 g/mol. The van der Waals surface area contributed by atoms with Crippen LogP contribution >= 0.6 is 11.6 Å². The molecule has 112 valence electrons. The predicted molar refractivity (Wildman–Crippen MR) is 89.1 cm³/mol. The van der Waals surface area contributed by atoms with E-state index in [1.807, 2.05) is 38.2 Å². The highest BCUT2D eigenvalue weighted by molar-refractivity contribution is 6.30. The molecule has 0 heterocycles. The summed E-state index contributed by atoms with van der Waals surface area (Å²) in [6.07, 6.45) is 0.960. The molecule has 2 nitrogen and oxygen atoms in total. The smallest absolute Gasteiger partial charge is 0.124 e. The van der Waals surface area contributed by atoms with E-state index in [-0.39, 0.29) is 12.1 Å². The summed E-state index contributed by atoms with van der Waals surface area (Å²) in [5.41, 5.74) is 2.33. The summed E-state index contributed by atoms with van der Waals surface area (Å²) in [4.78, 5) is 0. The van der Waals surface area contributed by atoms with E-state index < -0.39 is 0 Å². The number of ether oxygens (including phenoxy) is 1. The van der Waals surface area contributed by atoms with Crippen molar-refractivity contribution >= 4 is 11.6 Å². The number of nitrogens with one attached hydrogen (secondary N) is 1. The van der Waals surface area contributed by atoms with E-state index in [1.165, 1.54) is 5.56 Å². The maximum Gasteiger partial charge on any atom is 0.124 e. The van der Waals surface area contributed by atoms with Gasteiger partial charge in [-0.25, -0.2) is 0 Å². The Kier molecular flexibility index (Phi) is 5.66. The Bertz CT molecular complexity index is 571. The Morgan fingerprint density at radius 1 is 1.14 bits per heavy atom. The lowest BCUT2D eigenvalue weighted by Gasteiger charge is -2.28. The van der Waals surface area contributed by atoms with Crippen LogP contribution in [0.4, 0.5) is 0 Å². The minimum absolute atomic E-state index is 0.0505. The number of benzene rings is 2. The van der Waals surface area contributed by atoms with Crippen molar-refractivity contribution in [3.8, 4) is 5.75 Å². The number of halogens is 1. The highest BCUT2D eigenvalue weighted by Gasteiger charge is 2.22. The number of hydrogen-bond acceptors (Lipinski definition) is 2. The van der Waals surface area contributed by atoms with E-state index in [9.17, 15) is 0 Å². The second-order valence-corrected chi connectivity index (χ2v) is 5.59. The number of hydrogen-bond donors (Lipinski definition) is 1. The molecule has 2 atom stereocenters. The van der Waals surface area contributed by atoms with E-state index in [0.29, 0.717) is 5.02 Å². The van der Waals surface area contributed by atoms with Gasteiger partial charge in [-0.15, -0.1) is 0 Å². The normalized spacial score (nSPS) is 13.7. The summed E-state index contributed by atoms with van der Waals surface area (Å²) in [6.45, 7) is 4.17. The molecule has 3 heteroatoms. The van der Waals surface area contributed by atoms with Crippen LogP contribution in [-0.2, 0) is 0 Å². The molecular formula is C18H22ClNO. The van der Waals surface area contributed by atoms with E-state index >= 15 is 0 Å². The summed E-state index contributed by atoms with van der Waals surface area (Å²) in [6, 6.07) is 16.3. The molecule has 2 rings (SSSR count). The average Bonchev–Trinajstić information content (AvgIpc) is 2.51. The van der Waals surface area contributed by atoms with Crippen molar-refractivity contribution < 1.29 is 4.74 Å². The summed E-state index contributed by atoms with van der Waals surface area (Å²) in [5, 5.41) is 4.07. The molecule has 0 bridgehead atoms. The third-order valence-corrected chi connectivity index (χ3v) is 3.91. The molecule has 2 aromatic rings. The Labute approximate surface area is 132 Å². The van der Waals surface area contributed by atoms with Crippen molar-refractivity contribution in [1.29, 1.82) is 0 Å². The first-order chi connectivity index (χ1) is 10.2. The first-order valence-electron chi connectivity index (χ1n) is 7.30. The van der Waals surface area contributed by atoms with Crippen molar-refractivity contribution in [2.24, 2.45) is 0 Å². The fraction of sp³-hybridized carbons (Fsp3) is 0.333. The van der Waals surface area contributed by atoms with Crippen molar-refractivity contribution in [3.05, 3.63) is 64.7 Å². The highest BCUT2D eigenvalue weighted by Crippen LogP contribution is 2.28. The Morgan fingerprint density at radius 2 is 1.86 bits per heavy atom. The second-order valence-electron chi connectivity index (χ2n) is 5.15. The van der Waals surface area contributed by atoms with Crippen LogP contribution in [0.3, 0.4) is 0 Å². The van der Waals surface area contributed by atoms with Gasteiger partial charge in [0.15, 0.2) is 0 Å². The SMILES string of the molecule is CCC(Oc1cc(Cl)ccc1C)C(NC)c1ccccc1. The summed E-state index contributed by atoms with van der Waals surface area (Å²) >= 11 is 6.08. The van der Waals surface area contributed by atoms with Crippen molar-refractivity contribution in [2.75, 3.05) is 7.05 Å². The van der Waals surface area contributed by atoms with Crippen LogP contribution in [-0.4, -0.2) is 13.2 Å². The quantitative estimate of drug-likeness (QED) is 0.830. The van der Waals surface area contributed by atoms with Gasteiger partial charge in [0.05, 0.1) is 6.04 Å². The third kappa shape index (κ3) is 3.99. The minimum atomic E-state index is 0.0505.